The Balaban J connectivity index is 0. The second-order valence-electron chi connectivity index (χ2n) is 16.9. The van der Waals surface area contributed by atoms with Gasteiger partial charge in [0.1, 0.15) is 0 Å². The molecule has 0 radical (unpaired) electrons. The molecule has 0 fully saturated rings. The summed E-state index contributed by atoms with van der Waals surface area (Å²) in [5, 5.41) is 0. The van der Waals surface area contributed by atoms with Crippen LogP contribution < -0.4 is 0 Å². The third-order valence-corrected chi connectivity index (χ3v) is 90.6. The summed E-state index contributed by atoms with van der Waals surface area (Å²) >= 11 is 2.64. The molecular formula is C28H72P2PdSi4Sn+2. The molecule has 0 heterocycles. The summed E-state index contributed by atoms with van der Waals surface area (Å²) in [6.45, 7) is 51.3. The molecule has 0 spiro atoms. The van der Waals surface area contributed by atoms with Crippen molar-refractivity contribution in [1.82, 2.24) is 0 Å². The zero-order valence-electron chi connectivity index (χ0n) is 28.7. The molecule has 0 nitrogen and oxygen atoms in total. The molecule has 36 heavy (non-hydrogen) atoms. The Bertz CT molecular complexity index is 544. The molecule has 0 aromatic carbocycles. The first kappa shape index (κ1) is 41.3. The van der Waals surface area contributed by atoms with E-state index in [1.165, 1.54) is 6.36 Å². The van der Waals surface area contributed by atoms with Crippen molar-refractivity contribution in [3.63, 3.8) is 0 Å². The first-order valence-electron chi connectivity index (χ1n) is 14.9. The molecule has 0 amide bonds. The molecule has 222 valence electrons. The van der Waals surface area contributed by atoms with Gasteiger partial charge in [-0.15, -0.1) is 0 Å². The van der Waals surface area contributed by atoms with Crippen LogP contribution in [0.5, 0.6) is 0 Å². The van der Waals surface area contributed by atoms with E-state index >= 15 is 0 Å². The van der Waals surface area contributed by atoms with E-state index in [0.717, 1.165) is 22.6 Å². The standard InChI is InChI=1S/C14H32P2.2C7H19Si2.Pd.Sn/c1-11(2)15(12(3)4)9-10-16(13(5)6)14(7)8;2*1-8(2,3)7-9(4,5)6;;/h11-14H,9-10H2,1-8H3;2*7H,1-6H3;;/p+2. The van der Waals surface area contributed by atoms with Crippen LogP contribution in [-0.4, -0.2) is 83.3 Å². The number of rotatable bonds is 13. The fourth-order valence-electron chi connectivity index (χ4n) is 7.09. The van der Waals surface area contributed by atoms with E-state index in [1.54, 1.807) is 12.3 Å². The molecule has 0 N–H and O–H groups in total. The molecular weight excluding hydrogens is 736 g/mol. The van der Waals surface area contributed by atoms with Crippen LogP contribution in [0.1, 0.15) is 55.4 Å². The summed E-state index contributed by atoms with van der Waals surface area (Å²) in [6.07, 6.45) is 3.12. The average Bonchev–Trinajstić information content (AvgIpc) is 2.51. The maximum atomic E-state index is 4.16. The second kappa shape index (κ2) is 16.7. The van der Waals surface area contributed by atoms with Crippen LogP contribution in [0.2, 0.25) is 84.9 Å². The van der Waals surface area contributed by atoms with Gasteiger partial charge in [0.2, 0.25) is 0 Å². The van der Waals surface area contributed by atoms with E-state index < -0.39 is 48.4 Å². The minimum atomic E-state index is -1.52. The van der Waals surface area contributed by atoms with Crippen molar-refractivity contribution in [2.24, 2.45) is 0 Å². The van der Waals surface area contributed by atoms with Gasteiger partial charge < -0.3 is 0 Å². The fourth-order valence-corrected chi connectivity index (χ4v) is 129. The van der Waals surface area contributed by atoms with Crippen LogP contribution in [0.4, 0.5) is 0 Å². The van der Waals surface area contributed by atoms with Gasteiger partial charge in [0.25, 0.3) is 0 Å². The van der Waals surface area contributed by atoms with Crippen molar-refractivity contribution in [3.05, 3.63) is 0 Å². The van der Waals surface area contributed by atoms with Crippen LogP contribution in [0.3, 0.4) is 0 Å². The minimum absolute atomic E-state index is 0.114. The van der Waals surface area contributed by atoms with E-state index in [1.807, 2.05) is 0 Å². The van der Waals surface area contributed by atoms with Crippen molar-refractivity contribution in [2.75, 3.05) is 12.3 Å². The summed E-state index contributed by atoms with van der Waals surface area (Å²) in [7, 11) is -4.43. The van der Waals surface area contributed by atoms with Gasteiger partial charge >= 0.3 is 148 Å². The Morgan fingerprint density at radius 2 is 0.611 bits per heavy atom. The van der Waals surface area contributed by atoms with Crippen LogP contribution in [-0.2, 0) is 15.0 Å². The molecule has 0 aromatic rings. The van der Waals surface area contributed by atoms with E-state index in [0.29, 0.717) is 0 Å². The SMILES string of the molecule is CC(C)[PH+](CC[PH+](C(C)C)C(C)C)C(C)C.C[Si](C)(C)[CH]([Sn](=[Pd])[CH]([Si](C)(C)C)[Si](C)(C)C)[Si](C)(C)C. The third-order valence-electron chi connectivity index (χ3n) is 7.65. The van der Waals surface area contributed by atoms with Crippen molar-refractivity contribution in [1.29, 1.82) is 0 Å². The monoisotopic (exact) mass is 808 g/mol. The molecule has 0 aliphatic carbocycles. The zero-order valence-corrected chi connectivity index (χ0v) is 39.1. The topological polar surface area (TPSA) is 0 Å². The number of hydrogen-bond donors (Lipinski definition) is 0. The van der Waals surface area contributed by atoms with Gasteiger partial charge in [0.15, 0.2) is 0 Å². The quantitative estimate of drug-likeness (QED) is 0.128. The van der Waals surface area contributed by atoms with Crippen LogP contribution in [0.25, 0.3) is 0 Å². The predicted molar refractivity (Wildman–Crippen MR) is 194 cm³/mol. The molecule has 0 aliphatic rings. The summed E-state index contributed by atoms with van der Waals surface area (Å²) in [5.74, 6) is 0. The Morgan fingerprint density at radius 3 is 0.722 bits per heavy atom. The van der Waals surface area contributed by atoms with Gasteiger partial charge in [-0.25, -0.2) is 0 Å². The van der Waals surface area contributed by atoms with Crippen molar-refractivity contribution >= 4 is 64.2 Å². The summed E-state index contributed by atoms with van der Waals surface area (Å²) < 4.78 is 2.37. The molecule has 0 rings (SSSR count). The fraction of sp³-hybridized carbons (Fsp3) is 1.00. The second-order valence-corrected chi connectivity index (χ2v) is 65.2. The Labute approximate surface area is 252 Å². The predicted octanol–water partition coefficient (Wildman–Crippen LogP) is 10.8. The Morgan fingerprint density at radius 1 is 0.444 bits per heavy atom. The van der Waals surface area contributed by atoms with Crippen molar-refractivity contribution in [3.8, 4) is 0 Å². The molecule has 0 bridgehead atoms. The van der Waals surface area contributed by atoms with Gasteiger partial charge in [-0.1, -0.05) is 0 Å². The molecule has 0 saturated heterocycles. The van der Waals surface area contributed by atoms with Crippen LogP contribution in [0, 0.1) is 0 Å². The number of hydrogen-bond acceptors (Lipinski definition) is 0. The van der Waals surface area contributed by atoms with Gasteiger partial charge in [0, 0.05) is 15.8 Å². The Kier molecular flexibility index (Phi) is 19.2. The third kappa shape index (κ3) is 15.4. The average molecular weight is 808 g/mol. The summed E-state index contributed by atoms with van der Waals surface area (Å²) in [5.41, 5.74) is 3.81. The molecule has 0 atom stereocenters. The van der Waals surface area contributed by atoms with Crippen LogP contribution >= 0.6 is 15.8 Å². The molecule has 0 unspecified atom stereocenters. The first-order chi connectivity index (χ1) is 15.7. The molecule has 0 aromatic heterocycles. The normalized spacial score (nSPS) is 14.3. The van der Waals surface area contributed by atoms with Gasteiger partial charge in [-0.3, -0.25) is 0 Å². The molecule has 0 saturated carbocycles. The maximum absolute atomic E-state index is 4.16. The Hall–Kier alpha value is 3.19. The van der Waals surface area contributed by atoms with Gasteiger partial charge in [0.05, 0.1) is 35.0 Å². The summed E-state index contributed by atoms with van der Waals surface area (Å²) in [4.78, 5) is 0. The van der Waals surface area contributed by atoms with E-state index in [2.05, 4.69) is 149 Å². The molecule has 8 heteroatoms. The van der Waals surface area contributed by atoms with Gasteiger partial charge in [-0.2, -0.15) is 0 Å². The summed E-state index contributed by atoms with van der Waals surface area (Å²) in [6, 6.07) is 0. The van der Waals surface area contributed by atoms with E-state index in [-0.39, 0.29) is 15.8 Å². The van der Waals surface area contributed by atoms with Crippen LogP contribution in [0.15, 0.2) is 0 Å². The molecule has 0 aliphatic heterocycles. The van der Waals surface area contributed by atoms with Crippen molar-refractivity contribution < 1.29 is 15.0 Å². The van der Waals surface area contributed by atoms with E-state index in [4.69, 9.17) is 0 Å². The van der Waals surface area contributed by atoms with Crippen molar-refractivity contribution in [2.45, 2.75) is 163 Å². The van der Waals surface area contributed by atoms with Gasteiger partial charge in [-0.05, 0) is 55.4 Å². The zero-order chi connectivity index (χ0) is 29.6. The van der Waals surface area contributed by atoms with E-state index in [9.17, 15) is 0 Å². The first-order valence-corrected chi connectivity index (χ1v) is 42.3.